The van der Waals surface area contributed by atoms with Crippen LogP contribution in [0.1, 0.15) is 62.6 Å². The Hall–Kier alpha value is -2.43. The summed E-state index contributed by atoms with van der Waals surface area (Å²) >= 11 is 0. The van der Waals surface area contributed by atoms with Gasteiger partial charge in [-0.05, 0) is 44.4 Å². The zero-order valence-corrected chi connectivity index (χ0v) is 17.0. The Morgan fingerprint density at radius 3 is 2.55 bits per heavy atom. The van der Waals surface area contributed by atoms with Gasteiger partial charge in [0.05, 0.1) is 5.69 Å². The number of carbonyl (C=O) groups is 1. The summed E-state index contributed by atoms with van der Waals surface area (Å²) in [4.78, 5) is 35.5. The van der Waals surface area contributed by atoms with Crippen LogP contribution >= 0.6 is 0 Å². The van der Waals surface area contributed by atoms with E-state index in [0.717, 1.165) is 62.0 Å². The van der Waals surface area contributed by atoms with Gasteiger partial charge in [0.15, 0.2) is 0 Å². The molecule has 29 heavy (non-hydrogen) atoms. The van der Waals surface area contributed by atoms with Gasteiger partial charge in [-0.15, -0.1) is 0 Å². The van der Waals surface area contributed by atoms with Crippen molar-refractivity contribution in [3.8, 4) is 11.4 Å². The van der Waals surface area contributed by atoms with Crippen LogP contribution in [0.4, 0.5) is 0 Å². The van der Waals surface area contributed by atoms with Crippen molar-refractivity contribution in [2.24, 2.45) is 5.92 Å². The SMILES string of the molecule is O=C(CC1CCCC1)N1CCC2(CCc3c2nc(-c2ccccc2)[nH]c3=O)CC1. The molecule has 1 N–H and O–H groups in total. The molecular formula is C24H29N3O2. The molecule has 0 radical (unpaired) electrons. The predicted octanol–water partition coefficient (Wildman–Crippen LogP) is 3.82. The van der Waals surface area contributed by atoms with Crippen LogP contribution in [0.5, 0.6) is 0 Å². The third-order valence-corrected chi connectivity index (χ3v) is 7.43. The second-order valence-electron chi connectivity index (χ2n) is 9.12. The number of aromatic amines is 1. The molecule has 1 spiro atoms. The first kappa shape index (κ1) is 18.6. The van der Waals surface area contributed by atoms with Crippen LogP contribution in [0.15, 0.2) is 35.1 Å². The summed E-state index contributed by atoms with van der Waals surface area (Å²) in [5.74, 6) is 1.59. The summed E-state index contributed by atoms with van der Waals surface area (Å²) in [5.41, 5.74) is 2.75. The third-order valence-electron chi connectivity index (χ3n) is 7.43. The quantitative estimate of drug-likeness (QED) is 0.865. The van der Waals surface area contributed by atoms with Crippen LogP contribution in [0.25, 0.3) is 11.4 Å². The lowest BCUT2D eigenvalue weighted by Gasteiger charge is -2.39. The maximum absolute atomic E-state index is 12.8. The molecule has 0 unspecified atom stereocenters. The maximum Gasteiger partial charge on any atom is 0.254 e. The normalized spacial score (nSPS) is 20.9. The fraction of sp³-hybridized carbons (Fsp3) is 0.542. The van der Waals surface area contributed by atoms with Gasteiger partial charge in [-0.25, -0.2) is 4.98 Å². The number of likely N-dealkylation sites (tertiary alicyclic amines) is 1. The number of amides is 1. The average molecular weight is 392 g/mol. The molecule has 0 atom stereocenters. The molecule has 3 aliphatic rings. The number of H-pyrrole nitrogens is 1. The molecular weight excluding hydrogens is 362 g/mol. The lowest BCUT2D eigenvalue weighted by atomic mass is 9.76. The van der Waals surface area contributed by atoms with Crippen LogP contribution < -0.4 is 5.56 Å². The number of piperidine rings is 1. The number of aromatic nitrogens is 2. The molecule has 1 aliphatic heterocycles. The van der Waals surface area contributed by atoms with Crippen molar-refractivity contribution in [3.05, 3.63) is 51.9 Å². The number of nitrogens with zero attached hydrogens (tertiary/aromatic N) is 2. The summed E-state index contributed by atoms with van der Waals surface area (Å²) in [5, 5.41) is 0. The molecule has 1 aromatic carbocycles. The molecule has 1 saturated carbocycles. The van der Waals surface area contributed by atoms with E-state index in [4.69, 9.17) is 4.98 Å². The zero-order valence-electron chi connectivity index (χ0n) is 17.0. The highest BCUT2D eigenvalue weighted by atomic mass is 16.2. The highest BCUT2D eigenvalue weighted by Crippen LogP contribution is 2.44. The Balaban J connectivity index is 1.36. The Labute approximate surface area is 171 Å². The van der Waals surface area contributed by atoms with Crippen molar-refractivity contribution >= 4 is 5.91 Å². The summed E-state index contributed by atoms with van der Waals surface area (Å²) < 4.78 is 0. The van der Waals surface area contributed by atoms with E-state index in [0.29, 0.717) is 17.6 Å². The van der Waals surface area contributed by atoms with Gasteiger partial charge in [0.2, 0.25) is 5.91 Å². The van der Waals surface area contributed by atoms with E-state index < -0.39 is 0 Å². The summed E-state index contributed by atoms with van der Waals surface area (Å²) in [7, 11) is 0. The molecule has 1 saturated heterocycles. The lowest BCUT2D eigenvalue weighted by Crippen LogP contribution is -2.45. The van der Waals surface area contributed by atoms with Crippen molar-refractivity contribution in [2.45, 2.75) is 63.2 Å². The van der Waals surface area contributed by atoms with Crippen LogP contribution in [-0.4, -0.2) is 33.9 Å². The zero-order chi connectivity index (χ0) is 19.8. The van der Waals surface area contributed by atoms with Crippen LogP contribution in [0, 0.1) is 5.92 Å². The smallest absolute Gasteiger partial charge is 0.254 e. The fourth-order valence-electron chi connectivity index (χ4n) is 5.65. The Morgan fingerprint density at radius 1 is 1.10 bits per heavy atom. The second kappa shape index (κ2) is 7.43. The van der Waals surface area contributed by atoms with Gasteiger partial charge in [-0.2, -0.15) is 0 Å². The van der Waals surface area contributed by atoms with Crippen molar-refractivity contribution in [1.82, 2.24) is 14.9 Å². The van der Waals surface area contributed by atoms with Gasteiger partial charge in [-0.3, -0.25) is 9.59 Å². The predicted molar refractivity (Wildman–Crippen MR) is 113 cm³/mol. The Morgan fingerprint density at radius 2 is 1.83 bits per heavy atom. The number of rotatable bonds is 3. The molecule has 2 heterocycles. The summed E-state index contributed by atoms with van der Waals surface area (Å²) in [6, 6.07) is 9.86. The topological polar surface area (TPSA) is 66.1 Å². The maximum atomic E-state index is 12.8. The first-order valence-electron chi connectivity index (χ1n) is 11.1. The second-order valence-corrected chi connectivity index (χ2v) is 9.12. The van der Waals surface area contributed by atoms with Crippen molar-refractivity contribution in [1.29, 1.82) is 0 Å². The fourth-order valence-corrected chi connectivity index (χ4v) is 5.65. The number of carbonyl (C=O) groups excluding carboxylic acids is 1. The molecule has 2 fully saturated rings. The standard InChI is InChI=1S/C24H29N3O2/c28-20(16-17-6-4-5-7-17)27-14-12-24(13-15-27)11-10-19-21(24)25-22(26-23(19)29)18-8-2-1-3-9-18/h1-3,8-9,17H,4-7,10-16H2,(H,25,26,29). The molecule has 2 aromatic rings. The average Bonchev–Trinajstić information content (AvgIpc) is 3.38. The van der Waals surface area contributed by atoms with Crippen molar-refractivity contribution in [2.75, 3.05) is 13.1 Å². The monoisotopic (exact) mass is 391 g/mol. The van der Waals surface area contributed by atoms with Gasteiger partial charge in [0.1, 0.15) is 5.82 Å². The number of fused-ring (bicyclic) bond motifs is 2. The van der Waals surface area contributed by atoms with E-state index in [9.17, 15) is 9.59 Å². The molecule has 152 valence electrons. The van der Waals surface area contributed by atoms with Crippen LogP contribution in [-0.2, 0) is 16.6 Å². The van der Waals surface area contributed by atoms with Crippen molar-refractivity contribution < 1.29 is 4.79 Å². The number of benzene rings is 1. The Bertz CT molecular complexity index is 952. The molecule has 1 amide bonds. The highest BCUT2D eigenvalue weighted by Gasteiger charge is 2.44. The number of hydrogen-bond donors (Lipinski definition) is 1. The van der Waals surface area contributed by atoms with Gasteiger partial charge in [0.25, 0.3) is 5.56 Å². The van der Waals surface area contributed by atoms with E-state index in [1.807, 2.05) is 30.3 Å². The lowest BCUT2D eigenvalue weighted by molar-refractivity contribution is -0.133. The molecule has 5 heteroatoms. The number of nitrogens with one attached hydrogen (secondary N) is 1. The first-order chi connectivity index (χ1) is 14.1. The molecule has 5 rings (SSSR count). The van der Waals surface area contributed by atoms with Gasteiger partial charge < -0.3 is 9.88 Å². The van der Waals surface area contributed by atoms with E-state index in [-0.39, 0.29) is 11.0 Å². The largest absolute Gasteiger partial charge is 0.343 e. The van der Waals surface area contributed by atoms with E-state index in [1.165, 1.54) is 25.7 Å². The summed E-state index contributed by atoms with van der Waals surface area (Å²) in [6.07, 6.45) is 9.31. The van der Waals surface area contributed by atoms with E-state index in [1.54, 1.807) is 0 Å². The first-order valence-corrected chi connectivity index (χ1v) is 11.1. The minimum atomic E-state index is -0.0444. The van der Waals surface area contributed by atoms with Crippen LogP contribution in [0.2, 0.25) is 0 Å². The minimum absolute atomic E-state index is 0.00506. The van der Waals surface area contributed by atoms with Gasteiger partial charge in [-0.1, -0.05) is 43.2 Å². The Kier molecular flexibility index (Phi) is 4.76. The third kappa shape index (κ3) is 3.41. The minimum Gasteiger partial charge on any atom is -0.343 e. The van der Waals surface area contributed by atoms with Crippen molar-refractivity contribution in [3.63, 3.8) is 0 Å². The number of hydrogen-bond acceptors (Lipinski definition) is 3. The molecule has 0 bridgehead atoms. The van der Waals surface area contributed by atoms with E-state index in [2.05, 4.69) is 9.88 Å². The van der Waals surface area contributed by atoms with E-state index >= 15 is 0 Å². The van der Waals surface area contributed by atoms with Gasteiger partial charge in [0, 0.05) is 36.1 Å². The highest BCUT2D eigenvalue weighted by molar-refractivity contribution is 5.76. The summed E-state index contributed by atoms with van der Waals surface area (Å²) in [6.45, 7) is 1.58. The van der Waals surface area contributed by atoms with Crippen LogP contribution in [0.3, 0.4) is 0 Å². The molecule has 5 nitrogen and oxygen atoms in total. The van der Waals surface area contributed by atoms with Gasteiger partial charge >= 0.3 is 0 Å². The molecule has 1 aromatic heterocycles. The molecule has 2 aliphatic carbocycles.